The summed E-state index contributed by atoms with van der Waals surface area (Å²) >= 11 is 0. The minimum Gasteiger partial charge on any atom is -0.330 e. The molecule has 1 aliphatic carbocycles. The SMILES string of the molecule is NCC12CCCNC1C2. The van der Waals surface area contributed by atoms with Crippen LogP contribution >= 0.6 is 0 Å². The summed E-state index contributed by atoms with van der Waals surface area (Å²) in [6, 6.07) is 0.788. The summed E-state index contributed by atoms with van der Waals surface area (Å²) in [6.45, 7) is 2.11. The monoisotopic (exact) mass is 126 g/mol. The fraction of sp³-hybridized carbons (Fsp3) is 1.00. The van der Waals surface area contributed by atoms with Crippen LogP contribution in [-0.4, -0.2) is 19.1 Å². The van der Waals surface area contributed by atoms with Crippen molar-refractivity contribution in [3.8, 4) is 0 Å². The molecule has 2 aliphatic rings. The van der Waals surface area contributed by atoms with E-state index in [0.29, 0.717) is 5.41 Å². The van der Waals surface area contributed by atoms with E-state index in [1.54, 1.807) is 0 Å². The maximum Gasteiger partial charge on any atom is 0.0142 e. The molecule has 0 spiro atoms. The number of hydrogen-bond donors (Lipinski definition) is 2. The van der Waals surface area contributed by atoms with Gasteiger partial charge in [-0.2, -0.15) is 0 Å². The molecule has 0 aromatic carbocycles. The predicted octanol–water partition coefficient (Wildman–Crippen LogP) is 0.0872. The average Bonchev–Trinajstić information content (AvgIpc) is 2.62. The summed E-state index contributed by atoms with van der Waals surface area (Å²) in [5, 5.41) is 3.47. The second-order valence-corrected chi connectivity index (χ2v) is 3.38. The van der Waals surface area contributed by atoms with Crippen LogP contribution in [0.5, 0.6) is 0 Å². The summed E-state index contributed by atoms with van der Waals surface area (Å²) in [5.41, 5.74) is 6.19. The maximum absolute atomic E-state index is 5.64. The van der Waals surface area contributed by atoms with Crippen LogP contribution in [0.15, 0.2) is 0 Å². The van der Waals surface area contributed by atoms with Crippen molar-refractivity contribution < 1.29 is 0 Å². The van der Waals surface area contributed by atoms with Gasteiger partial charge in [-0.3, -0.25) is 0 Å². The van der Waals surface area contributed by atoms with Gasteiger partial charge in [-0.25, -0.2) is 0 Å². The smallest absolute Gasteiger partial charge is 0.0142 e. The lowest BCUT2D eigenvalue weighted by molar-refractivity contribution is 0.368. The van der Waals surface area contributed by atoms with Crippen LogP contribution in [0, 0.1) is 5.41 Å². The predicted molar refractivity (Wildman–Crippen MR) is 37.1 cm³/mol. The zero-order chi connectivity index (χ0) is 6.32. The number of piperidine rings is 1. The molecule has 2 heteroatoms. The van der Waals surface area contributed by atoms with Crippen LogP contribution in [0.2, 0.25) is 0 Å². The molecule has 9 heavy (non-hydrogen) atoms. The van der Waals surface area contributed by atoms with E-state index in [4.69, 9.17) is 5.73 Å². The van der Waals surface area contributed by atoms with Gasteiger partial charge in [0.1, 0.15) is 0 Å². The third kappa shape index (κ3) is 0.700. The molecule has 2 atom stereocenters. The van der Waals surface area contributed by atoms with E-state index in [2.05, 4.69) is 5.32 Å². The van der Waals surface area contributed by atoms with Crippen molar-refractivity contribution in [1.82, 2.24) is 5.32 Å². The molecule has 2 fully saturated rings. The van der Waals surface area contributed by atoms with Crippen molar-refractivity contribution in [2.24, 2.45) is 11.1 Å². The number of nitrogens with one attached hydrogen (secondary N) is 1. The van der Waals surface area contributed by atoms with Gasteiger partial charge in [-0.1, -0.05) is 0 Å². The maximum atomic E-state index is 5.64. The Balaban J connectivity index is 2.01. The summed E-state index contributed by atoms with van der Waals surface area (Å²) in [7, 11) is 0. The van der Waals surface area contributed by atoms with E-state index >= 15 is 0 Å². The first-order chi connectivity index (χ1) is 4.37. The van der Waals surface area contributed by atoms with Gasteiger partial charge in [-0.05, 0) is 37.8 Å². The van der Waals surface area contributed by atoms with Crippen LogP contribution in [-0.2, 0) is 0 Å². The van der Waals surface area contributed by atoms with Crippen molar-refractivity contribution in [3.05, 3.63) is 0 Å². The normalized spacial score (nSPS) is 48.3. The lowest BCUT2D eigenvalue weighted by Crippen LogP contribution is -2.33. The summed E-state index contributed by atoms with van der Waals surface area (Å²) in [5.74, 6) is 0. The minimum absolute atomic E-state index is 0.554. The summed E-state index contributed by atoms with van der Waals surface area (Å²) < 4.78 is 0. The largest absolute Gasteiger partial charge is 0.330 e. The molecule has 0 radical (unpaired) electrons. The van der Waals surface area contributed by atoms with Crippen molar-refractivity contribution in [3.63, 3.8) is 0 Å². The summed E-state index contributed by atoms with van der Waals surface area (Å²) in [6.07, 6.45) is 4.03. The van der Waals surface area contributed by atoms with Gasteiger partial charge < -0.3 is 11.1 Å². The number of fused-ring (bicyclic) bond motifs is 1. The molecule has 1 saturated carbocycles. The van der Waals surface area contributed by atoms with Gasteiger partial charge in [0.25, 0.3) is 0 Å². The molecule has 0 amide bonds. The first kappa shape index (κ1) is 5.69. The second kappa shape index (κ2) is 1.70. The highest BCUT2D eigenvalue weighted by molar-refractivity contribution is 5.10. The molecule has 1 saturated heterocycles. The van der Waals surface area contributed by atoms with Crippen LogP contribution in [0.25, 0.3) is 0 Å². The van der Waals surface area contributed by atoms with Gasteiger partial charge in [-0.15, -0.1) is 0 Å². The van der Waals surface area contributed by atoms with Crippen LogP contribution in [0.3, 0.4) is 0 Å². The molecule has 2 rings (SSSR count). The van der Waals surface area contributed by atoms with Gasteiger partial charge >= 0.3 is 0 Å². The van der Waals surface area contributed by atoms with Crippen molar-refractivity contribution in [1.29, 1.82) is 0 Å². The Kier molecular flexibility index (Phi) is 1.08. The number of hydrogen-bond acceptors (Lipinski definition) is 2. The molecular formula is C7H14N2. The molecular weight excluding hydrogens is 112 g/mol. The van der Waals surface area contributed by atoms with Crippen molar-refractivity contribution >= 4 is 0 Å². The highest BCUT2D eigenvalue weighted by atomic mass is 15.0. The zero-order valence-corrected chi connectivity index (χ0v) is 5.69. The first-order valence-corrected chi connectivity index (χ1v) is 3.81. The Morgan fingerprint density at radius 3 is 3.11 bits per heavy atom. The Morgan fingerprint density at radius 1 is 1.67 bits per heavy atom. The van der Waals surface area contributed by atoms with Crippen LogP contribution in [0.1, 0.15) is 19.3 Å². The third-order valence-corrected chi connectivity index (χ3v) is 2.84. The molecule has 52 valence electrons. The Bertz CT molecular complexity index is 124. The fourth-order valence-electron chi connectivity index (χ4n) is 1.96. The van der Waals surface area contributed by atoms with E-state index < -0.39 is 0 Å². The summed E-state index contributed by atoms with van der Waals surface area (Å²) in [4.78, 5) is 0. The number of nitrogens with two attached hydrogens (primary N) is 1. The second-order valence-electron chi connectivity index (χ2n) is 3.38. The lowest BCUT2D eigenvalue weighted by Gasteiger charge is -2.20. The highest BCUT2D eigenvalue weighted by Crippen LogP contribution is 2.50. The van der Waals surface area contributed by atoms with Gasteiger partial charge in [0.15, 0.2) is 0 Å². The van der Waals surface area contributed by atoms with E-state index in [9.17, 15) is 0 Å². The Morgan fingerprint density at radius 2 is 2.56 bits per heavy atom. The molecule has 1 heterocycles. The highest BCUT2D eigenvalue weighted by Gasteiger charge is 2.53. The van der Waals surface area contributed by atoms with E-state index in [-0.39, 0.29) is 0 Å². The molecule has 3 N–H and O–H groups in total. The quantitative estimate of drug-likeness (QED) is 0.522. The molecule has 0 aromatic heterocycles. The van der Waals surface area contributed by atoms with Crippen LogP contribution in [0.4, 0.5) is 0 Å². The van der Waals surface area contributed by atoms with Crippen molar-refractivity contribution in [2.45, 2.75) is 25.3 Å². The molecule has 0 aromatic rings. The average molecular weight is 126 g/mol. The topological polar surface area (TPSA) is 38.0 Å². The van der Waals surface area contributed by atoms with Crippen LogP contribution < -0.4 is 11.1 Å². The fourth-order valence-corrected chi connectivity index (χ4v) is 1.96. The molecule has 0 bridgehead atoms. The zero-order valence-electron chi connectivity index (χ0n) is 5.69. The standard InChI is InChI=1S/C7H14N2/c8-5-7-2-1-3-9-6(7)4-7/h6,9H,1-5,8H2. The van der Waals surface area contributed by atoms with Crippen molar-refractivity contribution in [2.75, 3.05) is 13.1 Å². The van der Waals surface area contributed by atoms with E-state index in [1.807, 2.05) is 0 Å². The van der Waals surface area contributed by atoms with E-state index in [0.717, 1.165) is 12.6 Å². The molecule has 1 aliphatic heterocycles. The van der Waals surface area contributed by atoms with Gasteiger partial charge in [0.05, 0.1) is 0 Å². The third-order valence-electron chi connectivity index (χ3n) is 2.84. The Labute approximate surface area is 55.8 Å². The van der Waals surface area contributed by atoms with Gasteiger partial charge in [0, 0.05) is 6.04 Å². The van der Waals surface area contributed by atoms with Gasteiger partial charge in [0.2, 0.25) is 0 Å². The molecule has 2 nitrogen and oxygen atoms in total. The first-order valence-electron chi connectivity index (χ1n) is 3.81. The number of rotatable bonds is 1. The Hall–Kier alpha value is -0.0800. The molecule has 2 unspecified atom stereocenters. The lowest BCUT2D eigenvalue weighted by atomic mass is 9.97. The minimum atomic E-state index is 0.554. The van der Waals surface area contributed by atoms with E-state index in [1.165, 1.54) is 25.8 Å².